The first kappa shape index (κ1) is 14.0. The summed E-state index contributed by atoms with van der Waals surface area (Å²) in [6, 6.07) is 0.00469. The monoisotopic (exact) mass is 242 g/mol. The number of nitrogens with one attached hydrogen (secondary N) is 2. The topological polar surface area (TPSA) is 67.4 Å². The molecule has 1 fully saturated rings. The first-order chi connectivity index (χ1) is 8.24. The van der Waals surface area contributed by atoms with Gasteiger partial charge in [-0.05, 0) is 32.2 Å². The number of methoxy groups -OCH3 is 1. The maximum absolute atomic E-state index is 11.6. The zero-order chi connectivity index (χ0) is 12.5. The first-order valence-corrected chi connectivity index (χ1v) is 6.32. The fourth-order valence-electron chi connectivity index (χ4n) is 1.92. The third kappa shape index (κ3) is 5.68. The van der Waals surface area contributed by atoms with E-state index >= 15 is 0 Å². The molecule has 1 rings (SSSR count). The quantitative estimate of drug-likeness (QED) is 0.506. The Labute approximate surface area is 102 Å². The number of ether oxygens (including phenoxy) is 1. The lowest BCUT2D eigenvalue weighted by atomic mass is 10.2. The fraction of sp³-hybridized carbons (Fsp3) is 0.833. The highest BCUT2D eigenvalue weighted by molar-refractivity contribution is 5.81. The van der Waals surface area contributed by atoms with Crippen LogP contribution in [0.4, 0.5) is 0 Å². The van der Waals surface area contributed by atoms with E-state index in [1.54, 1.807) is 0 Å². The Morgan fingerprint density at radius 3 is 2.82 bits per heavy atom. The molecule has 1 saturated heterocycles. The largest absolute Gasteiger partial charge is 0.469 e. The second-order valence-corrected chi connectivity index (χ2v) is 4.33. The summed E-state index contributed by atoms with van der Waals surface area (Å²) in [4.78, 5) is 22.4. The Balaban J connectivity index is 1.93. The summed E-state index contributed by atoms with van der Waals surface area (Å²) >= 11 is 0. The molecule has 2 N–H and O–H groups in total. The van der Waals surface area contributed by atoms with Gasteiger partial charge in [0.25, 0.3) is 0 Å². The van der Waals surface area contributed by atoms with Crippen molar-refractivity contribution in [2.75, 3.05) is 20.2 Å². The molecule has 1 atom stereocenters. The summed E-state index contributed by atoms with van der Waals surface area (Å²) in [5.41, 5.74) is 0. The number of esters is 1. The number of carbonyl (C=O) groups is 2. The van der Waals surface area contributed by atoms with Crippen LogP contribution in [0.3, 0.4) is 0 Å². The standard InChI is InChI=1S/C12H22N2O3/c1-17-11(15)7-3-2-4-8-14-12(16)10-6-5-9-13-10/h10,13H,2-9H2,1H3,(H,14,16). The van der Waals surface area contributed by atoms with E-state index in [4.69, 9.17) is 0 Å². The van der Waals surface area contributed by atoms with Crippen molar-refractivity contribution < 1.29 is 14.3 Å². The number of hydrogen-bond donors (Lipinski definition) is 2. The SMILES string of the molecule is COC(=O)CCCCCNC(=O)C1CCCN1. The van der Waals surface area contributed by atoms with Gasteiger partial charge >= 0.3 is 5.97 Å². The van der Waals surface area contributed by atoms with Crippen LogP contribution >= 0.6 is 0 Å². The van der Waals surface area contributed by atoms with Gasteiger partial charge in [0, 0.05) is 13.0 Å². The molecular formula is C12H22N2O3. The predicted octanol–water partition coefficient (Wildman–Crippen LogP) is 0.588. The normalized spacial score (nSPS) is 19.0. The second kappa shape index (κ2) is 8.06. The Bertz CT molecular complexity index is 250. The summed E-state index contributed by atoms with van der Waals surface area (Å²) in [5, 5.41) is 6.07. The molecule has 1 aliphatic rings. The van der Waals surface area contributed by atoms with Crippen LogP contribution in [0.5, 0.6) is 0 Å². The van der Waals surface area contributed by atoms with Crippen LogP contribution in [0.2, 0.25) is 0 Å². The lowest BCUT2D eigenvalue weighted by Crippen LogP contribution is -2.40. The number of unbranched alkanes of at least 4 members (excludes halogenated alkanes) is 2. The van der Waals surface area contributed by atoms with Gasteiger partial charge in [0.15, 0.2) is 0 Å². The summed E-state index contributed by atoms with van der Waals surface area (Å²) < 4.78 is 4.55. The number of rotatable bonds is 7. The van der Waals surface area contributed by atoms with Crippen LogP contribution in [-0.2, 0) is 14.3 Å². The average Bonchev–Trinajstić information content (AvgIpc) is 2.86. The van der Waals surface area contributed by atoms with E-state index in [0.29, 0.717) is 13.0 Å². The lowest BCUT2D eigenvalue weighted by Gasteiger charge is -2.10. The minimum Gasteiger partial charge on any atom is -0.469 e. The Morgan fingerprint density at radius 1 is 1.35 bits per heavy atom. The van der Waals surface area contributed by atoms with Crippen molar-refractivity contribution in [1.29, 1.82) is 0 Å². The Kier molecular flexibility index (Phi) is 6.62. The van der Waals surface area contributed by atoms with Gasteiger partial charge in [0.1, 0.15) is 0 Å². The summed E-state index contributed by atoms with van der Waals surface area (Å²) in [6.45, 7) is 1.63. The van der Waals surface area contributed by atoms with Crippen molar-refractivity contribution >= 4 is 11.9 Å². The molecule has 1 aliphatic heterocycles. The molecule has 0 saturated carbocycles. The van der Waals surface area contributed by atoms with Crippen molar-refractivity contribution in [1.82, 2.24) is 10.6 Å². The molecule has 5 nitrogen and oxygen atoms in total. The highest BCUT2D eigenvalue weighted by Crippen LogP contribution is 2.05. The molecule has 98 valence electrons. The first-order valence-electron chi connectivity index (χ1n) is 6.32. The van der Waals surface area contributed by atoms with Gasteiger partial charge < -0.3 is 15.4 Å². The molecule has 0 aromatic rings. The van der Waals surface area contributed by atoms with E-state index in [2.05, 4.69) is 15.4 Å². The number of carbonyl (C=O) groups excluding carboxylic acids is 2. The molecule has 0 spiro atoms. The molecule has 0 aromatic carbocycles. The molecule has 1 amide bonds. The zero-order valence-corrected chi connectivity index (χ0v) is 10.5. The van der Waals surface area contributed by atoms with E-state index in [1.807, 2.05) is 0 Å². The van der Waals surface area contributed by atoms with E-state index in [1.165, 1.54) is 7.11 Å². The molecule has 0 aliphatic carbocycles. The van der Waals surface area contributed by atoms with Crippen LogP contribution in [0.15, 0.2) is 0 Å². The highest BCUT2D eigenvalue weighted by atomic mass is 16.5. The third-order valence-corrected chi connectivity index (χ3v) is 2.96. The van der Waals surface area contributed by atoms with Crippen LogP contribution in [0.1, 0.15) is 38.5 Å². The van der Waals surface area contributed by atoms with Gasteiger partial charge in [0.05, 0.1) is 13.2 Å². The molecule has 5 heteroatoms. The predicted molar refractivity (Wildman–Crippen MR) is 64.5 cm³/mol. The second-order valence-electron chi connectivity index (χ2n) is 4.33. The van der Waals surface area contributed by atoms with Crippen molar-refractivity contribution in [2.45, 2.75) is 44.6 Å². The minimum absolute atomic E-state index is 0.00469. The van der Waals surface area contributed by atoms with Gasteiger partial charge in [-0.1, -0.05) is 6.42 Å². The Morgan fingerprint density at radius 2 is 2.18 bits per heavy atom. The minimum atomic E-state index is -0.163. The van der Waals surface area contributed by atoms with Crippen LogP contribution in [-0.4, -0.2) is 38.1 Å². The van der Waals surface area contributed by atoms with Crippen molar-refractivity contribution in [3.63, 3.8) is 0 Å². The van der Waals surface area contributed by atoms with E-state index < -0.39 is 0 Å². The maximum atomic E-state index is 11.6. The zero-order valence-electron chi connectivity index (χ0n) is 10.5. The molecular weight excluding hydrogens is 220 g/mol. The number of hydrogen-bond acceptors (Lipinski definition) is 4. The fourth-order valence-corrected chi connectivity index (χ4v) is 1.92. The molecule has 0 bridgehead atoms. The highest BCUT2D eigenvalue weighted by Gasteiger charge is 2.20. The van der Waals surface area contributed by atoms with Gasteiger partial charge in [-0.25, -0.2) is 0 Å². The van der Waals surface area contributed by atoms with Crippen LogP contribution in [0.25, 0.3) is 0 Å². The smallest absolute Gasteiger partial charge is 0.305 e. The van der Waals surface area contributed by atoms with Crippen molar-refractivity contribution in [3.8, 4) is 0 Å². The van der Waals surface area contributed by atoms with E-state index in [0.717, 1.165) is 38.6 Å². The van der Waals surface area contributed by atoms with Crippen molar-refractivity contribution in [3.05, 3.63) is 0 Å². The van der Waals surface area contributed by atoms with Crippen molar-refractivity contribution in [2.24, 2.45) is 0 Å². The van der Waals surface area contributed by atoms with E-state index in [-0.39, 0.29) is 17.9 Å². The average molecular weight is 242 g/mol. The third-order valence-electron chi connectivity index (χ3n) is 2.96. The van der Waals surface area contributed by atoms with Gasteiger partial charge in [-0.2, -0.15) is 0 Å². The number of amides is 1. The molecule has 17 heavy (non-hydrogen) atoms. The summed E-state index contributed by atoms with van der Waals surface area (Å²) in [7, 11) is 1.40. The lowest BCUT2D eigenvalue weighted by molar-refractivity contribution is -0.140. The molecule has 0 radical (unpaired) electrons. The molecule has 1 unspecified atom stereocenters. The molecule has 1 heterocycles. The van der Waals surface area contributed by atoms with Gasteiger partial charge in [-0.3, -0.25) is 9.59 Å². The Hall–Kier alpha value is -1.10. The maximum Gasteiger partial charge on any atom is 0.305 e. The summed E-state index contributed by atoms with van der Waals surface area (Å²) in [6.07, 6.45) is 5.16. The van der Waals surface area contributed by atoms with Gasteiger partial charge in [0.2, 0.25) is 5.91 Å². The van der Waals surface area contributed by atoms with Crippen LogP contribution in [0, 0.1) is 0 Å². The summed E-state index contributed by atoms with van der Waals surface area (Å²) in [5.74, 6) is -0.0559. The van der Waals surface area contributed by atoms with Crippen LogP contribution < -0.4 is 10.6 Å². The molecule has 0 aromatic heterocycles. The van der Waals surface area contributed by atoms with Gasteiger partial charge in [-0.15, -0.1) is 0 Å². The van der Waals surface area contributed by atoms with E-state index in [9.17, 15) is 9.59 Å².